The summed E-state index contributed by atoms with van der Waals surface area (Å²) in [5.74, 6) is -0.742. The molecule has 1 unspecified atom stereocenters. The Balaban J connectivity index is 2.58. The van der Waals surface area contributed by atoms with E-state index in [2.05, 4.69) is 6.58 Å². The SMILES string of the molecule is C=CC(C)(COC(=O)c1ccccc1)CC(=O)OCC. The van der Waals surface area contributed by atoms with Crippen LogP contribution in [0.5, 0.6) is 0 Å². The van der Waals surface area contributed by atoms with E-state index in [4.69, 9.17) is 9.47 Å². The maximum atomic E-state index is 11.8. The molecule has 0 saturated carbocycles. The van der Waals surface area contributed by atoms with Crippen LogP contribution in [0, 0.1) is 5.41 Å². The van der Waals surface area contributed by atoms with E-state index in [9.17, 15) is 9.59 Å². The smallest absolute Gasteiger partial charge is 0.338 e. The maximum absolute atomic E-state index is 11.8. The van der Waals surface area contributed by atoms with Crippen LogP contribution >= 0.6 is 0 Å². The highest BCUT2D eigenvalue weighted by molar-refractivity contribution is 5.89. The van der Waals surface area contributed by atoms with Crippen molar-refractivity contribution >= 4 is 11.9 Å². The lowest BCUT2D eigenvalue weighted by molar-refractivity contribution is -0.145. The van der Waals surface area contributed by atoms with Crippen LogP contribution in [-0.2, 0) is 14.3 Å². The van der Waals surface area contributed by atoms with E-state index in [-0.39, 0.29) is 19.0 Å². The Kier molecular flexibility index (Phi) is 5.97. The molecule has 0 radical (unpaired) electrons. The molecule has 0 aromatic heterocycles. The van der Waals surface area contributed by atoms with E-state index in [0.717, 1.165) is 0 Å². The van der Waals surface area contributed by atoms with E-state index < -0.39 is 11.4 Å². The Labute approximate surface area is 119 Å². The van der Waals surface area contributed by atoms with E-state index in [1.807, 2.05) is 6.07 Å². The first-order valence-corrected chi connectivity index (χ1v) is 6.52. The Morgan fingerprint density at radius 1 is 1.25 bits per heavy atom. The van der Waals surface area contributed by atoms with Crippen molar-refractivity contribution in [2.45, 2.75) is 20.3 Å². The van der Waals surface area contributed by atoms with Crippen molar-refractivity contribution in [3.63, 3.8) is 0 Å². The lowest BCUT2D eigenvalue weighted by atomic mass is 9.88. The van der Waals surface area contributed by atoms with Crippen LogP contribution in [0.25, 0.3) is 0 Å². The topological polar surface area (TPSA) is 52.6 Å². The molecule has 4 nitrogen and oxygen atoms in total. The summed E-state index contributed by atoms with van der Waals surface area (Å²) in [4.78, 5) is 23.4. The summed E-state index contributed by atoms with van der Waals surface area (Å²) >= 11 is 0. The van der Waals surface area contributed by atoms with Gasteiger partial charge >= 0.3 is 11.9 Å². The average molecular weight is 276 g/mol. The second-order valence-electron chi connectivity index (χ2n) is 4.78. The number of carbonyl (C=O) groups is 2. The molecule has 1 aromatic rings. The van der Waals surface area contributed by atoms with Crippen molar-refractivity contribution in [2.75, 3.05) is 13.2 Å². The number of rotatable bonds is 7. The van der Waals surface area contributed by atoms with Crippen LogP contribution in [0.15, 0.2) is 43.0 Å². The van der Waals surface area contributed by atoms with Gasteiger partial charge in [-0.3, -0.25) is 4.79 Å². The Bertz CT molecular complexity index is 467. The van der Waals surface area contributed by atoms with Crippen LogP contribution < -0.4 is 0 Å². The van der Waals surface area contributed by atoms with Gasteiger partial charge in [-0.25, -0.2) is 4.79 Å². The van der Waals surface area contributed by atoms with Gasteiger partial charge in [-0.2, -0.15) is 0 Å². The maximum Gasteiger partial charge on any atom is 0.338 e. The molecule has 0 amide bonds. The van der Waals surface area contributed by atoms with Gasteiger partial charge < -0.3 is 9.47 Å². The Morgan fingerprint density at radius 2 is 1.90 bits per heavy atom. The van der Waals surface area contributed by atoms with E-state index >= 15 is 0 Å². The number of hydrogen-bond acceptors (Lipinski definition) is 4. The molecule has 0 heterocycles. The van der Waals surface area contributed by atoms with Gasteiger partial charge in [0.15, 0.2) is 0 Å². The van der Waals surface area contributed by atoms with Gasteiger partial charge in [0, 0.05) is 5.41 Å². The fourth-order valence-corrected chi connectivity index (χ4v) is 1.61. The van der Waals surface area contributed by atoms with Gasteiger partial charge in [0.1, 0.15) is 6.61 Å². The molecule has 0 spiro atoms. The molecule has 20 heavy (non-hydrogen) atoms. The highest BCUT2D eigenvalue weighted by Crippen LogP contribution is 2.24. The zero-order chi connectivity index (χ0) is 15.0. The zero-order valence-corrected chi connectivity index (χ0v) is 11.9. The molecule has 0 aliphatic rings. The monoisotopic (exact) mass is 276 g/mol. The molecule has 0 saturated heterocycles. The van der Waals surface area contributed by atoms with Gasteiger partial charge in [-0.15, -0.1) is 6.58 Å². The highest BCUT2D eigenvalue weighted by atomic mass is 16.5. The molecule has 0 N–H and O–H groups in total. The Morgan fingerprint density at radius 3 is 2.45 bits per heavy atom. The largest absolute Gasteiger partial charge is 0.466 e. The van der Waals surface area contributed by atoms with Gasteiger partial charge in [0.2, 0.25) is 0 Å². The van der Waals surface area contributed by atoms with Crippen molar-refractivity contribution < 1.29 is 19.1 Å². The fourth-order valence-electron chi connectivity index (χ4n) is 1.61. The molecule has 1 rings (SSSR count). The number of hydrogen-bond donors (Lipinski definition) is 0. The Hall–Kier alpha value is -2.10. The molecular weight excluding hydrogens is 256 g/mol. The minimum absolute atomic E-state index is 0.0864. The number of carbonyl (C=O) groups excluding carboxylic acids is 2. The van der Waals surface area contributed by atoms with Crippen LogP contribution in [0.3, 0.4) is 0 Å². The van der Waals surface area contributed by atoms with Crippen LogP contribution in [0.2, 0.25) is 0 Å². The molecule has 0 aliphatic heterocycles. The van der Waals surface area contributed by atoms with Crippen molar-refractivity contribution in [3.05, 3.63) is 48.6 Å². The normalized spacial score (nSPS) is 13.1. The first-order valence-electron chi connectivity index (χ1n) is 6.52. The van der Waals surface area contributed by atoms with Crippen LogP contribution in [-0.4, -0.2) is 25.2 Å². The second kappa shape index (κ2) is 7.48. The lowest BCUT2D eigenvalue weighted by Crippen LogP contribution is -2.27. The average Bonchev–Trinajstić information content (AvgIpc) is 2.46. The molecule has 4 heteroatoms. The summed E-state index contributed by atoms with van der Waals surface area (Å²) in [6, 6.07) is 8.72. The first kappa shape index (κ1) is 16.0. The summed E-state index contributed by atoms with van der Waals surface area (Å²) in [5, 5.41) is 0. The summed E-state index contributed by atoms with van der Waals surface area (Å²) < 4.78 is 10.1. The minimum Gasteiger partial charge on any atom is -0.466 e. The molecule has 0 bridgehead atoms. The molecule has 1 aromatic carbocycles. The minimum atomic E-state index is -0.628. The number of ether oxygens (including phenoxy) is 2. The molecule has 1 atom stereocenters. The summed E-state index contributed by atoms with van der Waals surface area (Å²) in [6.07, 6.45) is 1.74. The zero-order valence-electron chi connectivity index (χ0n) is 11.9. The van der Waals surface area contributed by atoms with Crippen molar-refractivity contribution in [2.24, 2.45) is 5.41 Å². The van der Waals surface area contributed by atoms with Crippen LogP contribution in [0.1, 0.15) is 30.6 Å². The molecular formula is C16H20O4. The van der Waals surface area contributed by atoms with Crippen molar-refractivity contribution in [3.8, 4) is 0 Å². The lowest BCUT2D eigenvalue weighted by Gasteiger charge is -2.24. The quantitative estimate of drug-likeness (QED) is 0.567. The van der Waals surface area contributed by atoms with E-state index in [1.54, 1.807) is 44.2 Å². The predicted molar refractivity (Wildman–Crippen MR) is 76.3 cm³/mol. The fraction of sp³-hybridized carbons (Fsp3) is 0.375. The molecule has 108 valence electrons. The second-order valence-corrected chi connectivity index (χ2v) is 4.78. The summed E-state index contributed by atoms with van der Waals surface area (Å²) in [5.41, 5.74) is -0.147. The highest BCUT2D eigenvalue weighted by Gasteiger charge is 2.27. The third kappa shape index (κ3) is 4.88. The standard InChI is InChI=1S/C16H20O4/c1-4-16(3,11-14(17)19-5-2)12-20-15(18)13-9-7-6-8-10-13/h4,6-10H,1,5,11-12H2,2-3H3. The van der Waals surface area contributed by atoms with E-state index in [0.29, 0.717) is 12.2 Å². The first-order chi connectivity index (χ1) is 9.50. The van der Waals surface area contributed by atoms with Crippen LogP contribution in [0.4, 0.5) is 0 Å². The molecule has 0 aliphatic carbocycles. The van der Waals surface area contributed by atoms with E-state index in [1.165, 1.54) is 0 Å². The van der Waals surface area contributed by atoms with Gasteiger partial charge in [-0.1, -0.05) is 31.2 Å². The van der Waals surface area contributed by atoms with Crippen molar-refractivity contribution in [1.82, 2.24) is 0 Å². The summed E-state index contributed by atoms with van der Waals surface area (Å²) in [6.45, 7) is 7.66. The third-order valence-corrected chi connectivity index (χ3v) is 2.89. The van der Waals surface area contributed by atoms with Crippen molar-refractivity contribution in [1.29, 1.82) is 0 Å². The van der Waals surface area contributed by atoms with Gasteiger partial charge in [0.25, 0.3) is 0 Å². The molecule has 0 fully saturated rings. The summed E-state index contributed by atoms with van der Waals surface area (Å²) in [7, 11) is 0. The number of benzene rings is 1. The van der Waals surface area contributed by atoms with Gasteiger partial charge in [-0.05, 0) is 19.1 Å². The predicted octanol–water partition coefficient (Wildman–Crippen LogP) is 2.99. The third-order valence-electron chi connectivity index (χ3n) is 2.89. The number of esters is 2. The van der Waals surface area contributed by atoms with Gasteiger partial charge in [0.05, 0.1) is 18.6 Å².